The largest absolute Gasteiger partial charge is 0.381 e. The molecule has 0 fully saturated rings. The monoisotopic (exact) mass is 185 g/mol. The highest BCUT2D eigenvalue weighted by atomic mass is 19.1. The Hall–Kier alpha value is -0.930. The molecule has 0 rings (SSSR count). The third-order valence-electron chi connectivity index (χ3n) is 1.39. The zero-order valence-electron chi connectivity index (χ0n) is 7.83. The lowest BCUT2D eigenvalue weighted by Crippen LogP contribution is -2.17. The molecule has 0 aliphatic carbocycles. The number of halogens is 1. The van der Waals surface area contributed by atoms with E-state index in [9.17, 15) is 4.39 Å². The van der Waals surface area contributed by atoms with E-state index in [1.807, 2.05) is 19.1 Å². The average molecular weight is 185 g/mol. The lowest BCUT2D eigenvalue weighted by molar-refractivity contribution is 0.266. The summed E-state index contributed by atoms with van der Waals surface area (Å²) in [5, 5.41) is 11.3. The fourth-order valence-corrected chi connectivity index (χ4v) is 0.803. The van der Waals surface area contributed by atoms with Crippen LogP contribution in [0.2, 0.25) is 0 Å². The molecule has 0 atom stereocenters. The first kappa shape index (κ1) is 12.1. The Morgan fingerprint density at radius 1 is 1.54 bits per heavy atom. The van der Waals surface area contributed by atoms with Gasteiger partial charge in [-0.15, -0.1) is 0 Å². The zero-order valence-corrected chi connectivity index (χ0v) is 7.83. The van der Waals surface area contributed by atoms with Gasteiger partial charge in [0.15, 0.2) is 0 Å². The minimum Gasteiger partial charge on any atom is -0.381 e. The molecule has 0 saturated heterocycles. The molecule has 13 heavy (non-hydrogen) atoms. The van der Waals surface area contributed by atoms with Crippen LogP contribution in [0.1, 0.15) is 13.3 Å². The van der Waals surface area contributed by atoms with E-state index in [1.54, 1.807) is 6.08 Å². The molecule has 3 heteroatoms. The molecule has 0 aromatic carbocycles. The normalized spacial score (nSPS) is 13.3. The lowest BCUT2D eigenvalue weighted by atomic mass is 10.2. The van der Waals surface area contributed by atoms with Crippen LogP contribution in [-0.4, -0.2) is 18.4 Å². The summed E-state index contributed by atoms with van der Waals surface area (Å²) < 4.78 is 11.7. The highest BCUT2D eigenvalue weighted by molar-refractivity contribution is 5.24. The van der Waals surface area contributed by atoms with Crippen LogP contribution >= 0.6 is 0 Å². The predicted octanol–water partition coefficient (Wildman–Crippen LogP) is 1.90. The van der Waals surface area contributed by atoms with Crippen molar-refractivity contribution in [1.29, 1.82) is 0 Å². The van der Waals surface area contributed by atoms with Crippen LogP contribution in [0.4, 0.5) is 4.39 Å². The molecular weight excluding hydrogens is 169 g/mol. The first-order chi connectivity index (χ1) is 6.35. The second-order valence-electron chi connectivity index (χ2n) is 2.46. The minimum atomic E-state index is -0.0728. The van der Waals surface area contributed by atoms with Gasteiger partial charge in [0.1, 0.15) is 0 Å². The van der Waals surface area contributed by atoms with Gasteiger partial charge in [-0.05, 0) is 18.1 Å². The standard InChI is InChI=1S/C10H16FNO/c1-2-3-5-10(6-4-7-11)8-12-9-13/h3-7,12-13H,2,8-9H2,1H3/b5-3-,7-4+,10-6+. The van der Waals surface area contributed by atoms with Crippen molar-refractivity contribution in [2.45, 2.75) is 13.3 Å². The van der Waals surface area contributed by atoms with Gasteiger partial charge in [0.2, 0.25) is 0 Å². The van der Waals surface area contributed by atoms with Crippen molar-refractivity contribution in [3.05, 3.63) is 36.2 Å². The minimum absolute atomic E-state index is 0.0728. The molecule has 0 bridgehead atoms. The maximum atomic E-state index is 11.7. The van der Waals surface area contributed by atoms with Crippen molar-refractivity contribution < 1.29 is 9.50 Å². The second kappa shape index (κ2) is 9.16. The molecule has 0 radical (unpaired) electrons. The van der Waals surface area contributed by atoms with Gasteiger partial charge in [-0.25, -0.2) is 4.39 Å². The molecular formula is C10H16FNO. The van der Waals surface area contributed by atoms with Crippen molar-refractivity contribution in [2.24, 2.45) is 0 Å². The highest BCUT2D eigenvalue weighted by Gasteiger charge is 1.88. The Labute approximate surface area is 78.5 Å². The number of hydrogen-bond donors (Lipinski definition) is 2. The van der Waals surface area contributed by atoms with E-state index >= 15 is 0 Å². The number of allylic oxidation sites excluding steroid dienone is 3. The van der Waals surface area contributed by atoms with Crippen LogP contribution in [0, 0.1) is 0 Å². The highest BCUT2D eigenvalue weighted by Crippen LogP contribution is 1.97. The molecule has 2 N–H and O–H groups in total. The van der Waals surface area contributed by atoms with Crippen molar-refractivity contribution in [3.63, 3.8) is 0 Å². The fourth-order valence-electron chi connectivity index (χ4n) is 0.803. The first-order valence-corrected chi connectivity index (χ1v) is 4.29. The summed E-state index contributed by atoms with van der Waals surface area (Å²) in [7, 11) is 0. The van der Waals surface area contributed by atoms with E-state index in [1.165, 1.54) is 6.08 Å². The summed E-state index contributed by atoms with van der Waals surface area (Å²) in [5.74, 6) is 0. The number of aliphatic hydroxyl groups is 1. The topological polar surface area (TPSA) is 32.3 Å². The third kappa shape index (κ3) is 7.43. The Balaban J connectivity index is 4.09. The van der Waals surface area contributed by atoms with Gasteiger partial charge < -0.3 is 5.11 Å². The number of rotatable bonds is 6. The molecule has 2 nitrogen and oxygen atoms in total. The van der Waals surface area contributed by atoms with Crippen LogP contribution in [0.25, 0.3) is 0 Å². The number of aliphatic hydroxyl groups excluding tert-OH is 1. The molecule has 0 saturated carbocycles. The van der Waals surface area contributed by atoms with Crippen molar-refractivity contribution >= 4 is 0 Å². The summed E-state index contributed by atoms with van der Waals surface area (Å²) >= 11 is 0. The Morgan fingerprint density at radius 2 is 2.31 bits per heavy atom. The number of nitrogens with one attached hydrogen (secondary N) is 1. The smallest absolute Gasteiger partial charge is 0.0934 e. The van der Waals surface area contributed by atoms with Gasteiger partial charge >= 0.3 is 0 Å². The average Bonchev–Trinajstić information content (AvgIpc) is 2.17. The maximum absolute atomic E-state index is 11.7. The maximum Gasteiger partial charge on any atom is 0.0934 e. The Morgan fingerprint density at radius 3 is 2.85 bits per heavy atom. The molecule has 0 aromatic rings. The van der Waals surface area contributed by atoms with Crippen LogP contribution in [0.3, 0.4) is 0 Å². The van der Waals surface area contributed by atoms with Crippen LogP contribution in [0.15, 0.2) is 36.2 Å². The van der Waals surface area contributed by atoms with Crippen LogP contribution < -0.4 is 5.32 Å². The van der Waals surface area contributed by atoms with Gasteiger partial charge in [-0.1, -0.05) is 25.2 Å². The van der Waals surface area contributed by atoms with E-state index in [4.69, 9.17) is 5.11 Å². The predicted molar refractivity (Wildman–Crippen MR) is 52.9 cm³/mol. The molecule has 74 valence electrons. The van der Waals surface area contributed by atoms with Crippen molar-refractivity contribution in [1.82, 2.24) is 5.32 Å². The van der Waals surface area contributed by atoms with Gasteiger partial charge in [-0.2, -0.15) is 0 Å². The van der Waals surface area contributed by atoms with Crippen LogP contribution in [-0.2, 0) is 0 Å². The summed E-state index contributed by atoms with van der Waals surface area (Å²) in [6, 6.07) is 0. The molecule has 0 aliphatic heterocycles. The Kier molecular flexibility index (Phi) is 8.51. The molecule has 0 unspecified atom stereocenters. The van der Waals surface area contributed by atoms with Gasteiger partial charge in [0, 0.05) is 6.54 Å². The van der Waals surface area contributed by atoms with Gasteiger partial charge in [-0.3, -0.25) is 5.32 Å². The van der Waals surface area contributed by atoms with Crippen LogP contribution in [0.5, 0.6) is 0 Å². The zero-order chi connectivity index (χ0) is 9.94. The molecule has 0 aliphatic rings. The summed E-state index contributed by atoms with van der Waals surface area (Å²) in [4.78, 5) is 0. The second-order valence-corrected chi connectivity index (χ2v) is 2.46. The summed E-state index contributed by atoms with van der Waals surface area (Å²) in [5.41, 5.74) is 0.935. The summed E-state index contributed by atoms with van der Waals surface area (Å²) in [6.07, 6.45) is 8.30. The van der Waals surface area contributed by atoms with Crippen molar-refractivity contribution in [2.75, 3.05) is 13.3 Å². The van der Waals surface area contributed by atoms with E-state index in [0.717, 1.165) is 12.0 Å². The molecule has 0 heterocycles. The fraction of sp³-hybridized carbons (Fsp3) is 0.400. The molecule has 0 aromatic heterocycles. The third-order valence-corrected chi connectivity index (χ3v) is 1.39. The van der Waals surface area contributed by atoms with Crippen molar-refractivity contribution in [3.8, 4) is 0 Å². The van der Waals surface area contributed by atoms with E-state index in [0.29, 0.717) is 12.9 Å². The molecule has 0 spiro atoms. The summed E-state index contributed by atoms with van der Waals surface area (Å²) in [6.45, 7) is 2.49. The quantitative estimate of drug-likeness (QED) is 0.489. The molecule has 0 amide bonds. The lowest BCUT2D eigenvalue weighted by Gasteiger charge is -2.00. The van der Waals surface area contributed by atoms with E-state index in [-0.39, 0.29) is 6.73 Å². The van der Waals surface area contributed by atoms with E-state index < -0.39 is 0 Å². The first-order valence-electron chi connectivity index (χ1n) is 4.29. The Bertz CT molecular complexity index is 197. The van der Waals surface area contributed by atoms with E-state index in [2.05, 4.69) is 5.32 Å². The van der Waals surface area contributed by atoms with Gasteiger partial charge in [0.05, 0.1) is 13.1 Å². The number of hydrogen-bond acceptors (Lipinski definition) is 2. The van der Waals surface area contributed by atoms with Gasteiger partial charge in [0.25, 0.3) is 0 Å². The SMILES string of the molecule is CC\C=C/C(=C\C=C\F)CNCO.